The maximum absolute atomic E-state index is 12.7. The number of aryl methyl sites for hydroxylation is 1. The first-order valence-corrected chi connectivity index (χ1v) is 12.3. The number of aromatic nitrogens is 3. The van der Waals surface area contributed by atoms with Crippen molar-refractivity contribution in [2.24, 2.45) is 0 Å². The van der Waals surface area contributed by atoms with Crippen LogP contribution in [0.25, 0.3) is 5.69 Å². The van der Waals surface area contributed by atoms with E-state index < -0.39 is 12.1 Å². The van der Waals surface area contributed by atoms with Gasteiger partial charge in [0.25, 0.3) is 0 Å². The van der Waals surface area contributed by atoms with Crippen molar-refractivity contribution in [3.63, 3.8) is 0 Å². The highest BCUT2D eigenvalue weighted by atomic mass is 32.2. The van der Waals surface area contributed by atoms with Gasteiger partial charge in [0.1, 0.15) is 5.75 Å². The summed E-state index contributed by atoms with van der Waals surface area (Å²) in [5, 5.41) is 24.4. The van der Waals surface area contributed by atoms with Gasteiger partial charge in [-0.1, -0.05) is 47.7 Å². The van der Waals surface area contributed by atoms with E-state index in [2.05, 4.69) is 26.9 Å². The lowest BCUT2D eigenvalue weighted by Gasteiger charge is -2.17. The second-order valence-electron chi connectivity index (χ2n) is 8.16. The zero-order chi connectivity index (χ0) is 25.5. The molecule has 0 spiro atoms. The van der Waals surface area contributed by atoms with Crippen molar-refractivity contribution in [3.8, 4) is 17.5 Å². The molecular weight excluding hydrogens is 472 g/mol. The van der Waals surface area contributed by atoms with Crippen LogP contribution in [0.1, 0.15) is 35.5 Å². The maximum atomic E-state index is 12.7. The van der Waals surface area contributed by atoms with Gasteiger partial charge in [0, 0.05) is 17.1 Å². The van der Waals surface area contributed by atoms with Crippen molar-refractivity contribution in [2.45, 2.75) is 30.8 Å². The van der Waals surface area contributed by atoms with E-state index in [0.717, 1.165) is 22.6 Å². The van der Waals surface area contributed by atoms with Gasteiger partial charge in [0.2, 0.25) is 0 Å². The zero-order valence-electron chi connectivity index (χ0n) is 20.2. The summed E-state index contributed by atoms with van der Waals surface area (Å²) in [5.41, 5.74) is 4.16. The molecule has 0 bridgehead atoms. The Hall–Kier alpha value is -4.29. The molecule has 4 aromatic rings. The minimum atomic E-state index is -0.441. The zero-order valence-corrected chi connectivity index (χ0v) is 21.0. The highest BCUT2D eigenvalue weighted by Gasteiger charge is 2.21. The number of methoxy groups -OCH3 is 1. The lowest BCUT2D eigenvalue weighted by atomic mass is 10.2. The molecule has 9 heteroatoms. The van der Waals surface area contributed by atoms with Crippen LogP contribution < -0.4 is 15.4 Å². The van der Waals surface area contributed by atoms with E-state index in [-0.39, 0.29) is 0 Å². The van der Waals surface area contributed by atoms with Crippen molar-refractivity contribution in [3.05, 3.63) is 95.3 Å². The number of ether oxygens (including phenoxy) is 1. The van der Waals surface area contributed by atoms with Crippen LogP contribution in [0.3, 0.4) is 0 Å². The molecule has 1 unspecified atom stereocenters. The topological polar surface area (TPSA) is 105 Å². The molecule has 0 radical (unpaired) electrons. The number of hydrogen-bond donors (Lipinski definition) is 2. The molecule has 1 aromatic heterocycles. The molecule has 0 aliphatic carbocycles. The van der Waals surface area contributed by atoms with Crippen LogP contribution in [-0.4, -0.2) is 27.9 Å². The number of benzene rings is 3. The number of nitrogens with zero attached hydrogens (tertiary/aromatic N) is 4. The first-order chi connectivity index (χ1) is 17.5. The molecule has 4 rings (SSSR count). The Morgan fingerprint density at radius 3 is 2.64 bits per heavy atom. The van der Waals surface area contributed by atoms with Gasteiger partial charge in [-0.15, -0.1) is 10.2 Å². The van der Waals surface area contributed by atoms with E-state index in [1.54, 1.807) is 43.1 Å². The van der Waals surface area contributed by atoms with Crippen LogP contribution in [0.2, 0.25) is 0 Å². The van der Waals surface area contributed by atoms with Crippen LogP contribution in [0.5, 0.6) is 5.75 Å². The van der Waals surface area contributed by atoms with E-state index in [9.17, 15) is 4.79 Å². The normalized spacial score (nSPS) is 11.4. The van der Waals surface area contributed by atoms with Crippen LogP contribution in [0.15, 0.2) is 78.0 Å². The fraction of sp³-hybridized carbons (Fsp3) is 0.185. The van der Waals surface area contributed by atoms with Gasteiger partial charge in [0.15, 0.2) is 11.0 Å². The van der Waals surface area contributed by atoms with Crippen molar-refractivity contribution >= 4 is 23.5 Å². The quantitative estimate of drug-likeness (QED) is 0.305. The molecule has 1 atom stereocenters. The minimum Gasteiger partial charge on any atom is -0.497 e. The minimum absolute atomic E-state index is 0.401. The number of anilines is 1. The SMILES string of the molecule is COc1cccc(CSc2nnc(C(C)NC(=O)Nc3cccc(C#N)c3)n2-c2ccc(C)cc2)c1. The van der Waals surface area contributed by atoms with Gasteiger partial charge in [-0.05, 0) is 61.9 Å². The molecule has 36 heavy (non-hydrogen) atoms. The Morgan fingerprint density at radius 2 is 1.89 bits per heavy atom. The van der Waals surface area contributed by atoms with Crippen LogP contribution in [0, 0.1) is 18.3 Å². The third-order valence-electron chi connectivity index (χ3n) is 5.44. The smallest absolute Gasteiger partial charge is 0.319 e. The molecular formula is C27H26N6O2S. The predicted octanol–water partition coefficient (Wildman–Crippen LogP) is 5.63. The molecule has 0 aliphatic rings. The number of nitriles is 1. The van der Waals surface area contributed by atoms with E-state index in [1.807, 2.05) is 66.9 Å². The van der Waals surface area contributed by atoms with Crippen LogP contribution in [0.4, 0.5) is 10.5 Å². The summed E-state index contributed by atoms with van der Waals surface area (Å²) >= 11 is 1.56. The molecule has 0 aliphatic heterocycles. The van der Waals surface area contributed by atoms with Gasteiger partial charge in [-0.25, -0.2) is 4.79 Å². The number of carbonyl (C=O) groups is 1. The molecule has 182 valence electrons. The Balaban J connectivity index is 1.56. The number of nitrogens with one attached hydrogen (secondary N) is 2. The lowest BCUT2D eigenvalue weighted by Crippen LogP contribution is -2.32. The number of amides is 2. The average molecular weight is 499 g/mol. The summed E-state index contributed by atoms with van der Waals surface area (Å²) in [6.07, 6.45) is 0. The van der Waals surface area contributed by atoms with Crippen LogP contribution >= 0.6 is 11.8 Å². The summed E-state index contributed by atoms with van der Waals surface area (Å²) in [4.78, 5) is 12.7. The Labute approximate surface area is 214 Å². The fourth-order valence-corrected chi connectivity index (χ4v) is 4.50. The van der Waals surface area contributed by atoms with E-state index in [0.29, 0.717) is 28.0 Å². The van der Waals surface area contributed by atoms with E-state index in [1.165, 1.54) is 0 Å². The van der Waals surface area contributed by atoms with Gasteiger partial charge in [0.05, 0.1) is 24.8 Å². The number of carbonyl (C=O) groups excluding carboxylic acids is 1. The summed E-state index contributed by atoms with van der Waals surface area (Å²) in [6, 6.07) is 24.0. The number of thioether (sulfide) groups is 1. The number of rotatable bonds is 8. The van der Waals surface area contributed by atoms with Crippen molar-refractivity contribution < 1.29 is 9.53 Å². The monoisotopic (exact) mass is 498 g/mol. The molecule has 2 N–H and O–H groups in total. The third-order valence-corrected chi connectivity index (χ3v) is 6.44. The summed E-state index contributed by atoms with van der Waals surface area (Å²) in [6.45, 7) is 3.89. The molecule has 3 aromatic carbocycles. The third kappa shape index (κ3) is 6.03. The van der Waals surface area contributed by atoms with Crippen LogP contribution in [-0.2, 0) is 5.75 Å². The predicted molar refractivity (Wildman–Crippen MR) is 140 cm³/mol. The number of hydrogen-bond acceptors (Lipinski definition) is 6. The second kappa shape index (κ2) is 11.4. The van der Waals surface area contributed by atoms with Gasteiger partial charge < -0.3 is 15.4 Å². The Bertz CT molecular complexity index is 1390. The first-order valence-electron chi connectivity index (χ1n) is 11.3. The van der Waals surface area contributed by atoms with Crippen molar-refractivity contribution in [1.82, 2.24) is 20.1 Å². The first kappa shape index (κ1) is 24.8. The molecule has 2 amide bonds. The molecule has 0 saturated carbocycles. The Morgan fingerprint density at radius 1 is 1.11 bits per heavy atom. The largest absolute Gasteiger partial charge is 0.497 e. The van der Waals surface area contributed by atoms with Crippen molar-refractivity contribution in [1.29, 1.82) is 5.26 Å². The molecule has 0 fully saturated rings. The maximum Gasteiger partial charge on any atom is 0.319 e. The lowest BCUT2D eigenvalue weighted by molar-refractivity contribution is 0.249. The van der Waals surface area contributed by atoms with E-state index >= 15 is 0 Å². The summed E-state index contributed by atoms with van der Waals surface area (Å²) in [7, 11) is 1.65. The van der Waals surface area contributed by atoms with E-state index in [4.69, 9.17) is 10.00 Å². The average Bonchev–Trinajstić information content (AvgIpc) is 3.32. The number of urea groups is 1. The second-order valence-corrected chi connectivity index (χ2v) is 9.11. The summed E-state index contributed by atoms with van der Waals surface area (Å²) in [5.74, 6) is 2.09. The van der Waals surface area contributed by atoms with Gasteiger partial charge in [-0.2, -0.15) is 5.26 Å². The highest BCUT2D eigenvalue weighted by molar-refractivity contribution is 7.98. The molecule has 0 saturated heterocycles. The Kier molecular flexibility index (Phi) is 7.88. The van der Waals surface area contributed by atoms with Gasteiger partial charge >= 0.3 is 6.03 Å². The fourth-order valence-electron chi connectivity index (χ4n) is 3.60. The molecule has 1 heterocycles. The van der Waals surface area contributed by atoms with Crippen molar-refractivity contribution in [2.75, 3.05) is 12.4 Å². The summed E-state index contributed by atoms with van der Waals surface area (Å²) < 4.78 is 7.30. The standard InChI is InChI=1S/C27H26N6O2S/c1-18-10-12-23(13-11-18)33-25(19(2)29-26(34)30-22-8-4-6-20(14-22)16-28)31-32-27(33)36-17-21-7-5-9-24(15-21)35-3/h4-15,19H,17H2,1-3H3,(H2,29,30,34). The molecule has 8 nitrogen and oxygen atoms in total. The van der Waals surface area contributed by atoms with Gasteiger partial charge in [-0.3, -0.25) is 4.57 Å². The highest BCUT2D eigenvalue weighted by Crippen LogP contribution is 2.28.